The standard InChI is InChI=1S/C25H25ClN4O2/c1-17-8-9-21(26)13-22(17)29-25(32)24(31)28-15-23(19-7-4-11-27-14-19)30-12-10-18-5-2-3-6-20(18)16-30/h2-9,11,13-14,23H,10,12,15-16H2,1H3,(H,28,31)(H,29,32)/t23-/m1/s1. The third kappa shape index (κ3) is 5.15. The number of anilines is 1. The van der Waals surface area contributed by atoms with E-state index in [1.165, 1.54) is 11.1 Å². The first-order valence-corrected chi connectivity index (χ1v) is 10.9. The van der Waals surface area contributed by atoms with E-state index in [1.807, 2.05) is 31.3 Å². The molecule has 164 valence electrons. The number of carbonyl (C=O) groups excluding carboxylic acids is 2. The molecule has 3 aromatic rings. The summed E-state index contributed by atoms with van der Waals surface area (Å²) in [6.07, 6.45) is 4.48. The Morgan fingerprint density at radius 2 is 1.91 bits per heavy atom. The third-order valence-electron chi connectivity index (χ3n) is 5.78. The van der Waals surface area contributed by atoms with Crippen LogP contribution in [0.4, 0.5) is 5.69 Å². The molecule has 0 saturated carbocycles. The summed E-state index contributed by atoms with van der Waals surface area (Å²) >= 11 is 6.01. The van der Waals surface area contributed by atoms with Crippen LogP contribution in [0.5, 0.6) is 0 Å². The summed E-state index contributed by atoms with van der Waals surface area (Å²) in [6.45, 7) is 3.78. The second kappa shape index (κ2) is 9.94. The molecule has 1 aromatic heterocycles. The zero-order chi connectivity index (χ0) is 22.5. The second-order valence-corrected chi connectivity index (χ2v) is 8.35. The molecule has 2 amide bonds. The Labute approximate surface area is 192 Å². The van der Waals surface area contributed by atoms with Crippen LogP contribution in [0, 0.1) is 6.92 Å². The van der Waals surface area contributed by atoms with Crippen LogP contribution in [0.1, 0.15) is 28.3 Å². The number of aromatic nitrogens is 1. The van der Waals surface area contributed by atoms with Gasteiger partial charge >= 0.3 is 11.8 Å². The van der Waals surface area contributed by atoms with E-state index in [0.717, 1.165) is 30.6 Å². The van der Waals surface area contributed by atoms with E-state index >= 15 is 0 Å². The first-order valence-electron chi connectivity index (χ1n) is 10.6. The topological polar surface area (TPSA) is 74.3 Å². The van der Waals surface area contributed by atoms with Crippen molar-refractivity contribution in [1.82, 2.24) is 15.2 Å². The lowest BCUT2D eigenvalue weighted by atomic mass is 9.97. The van der Waals surface area contributed by atoms with Crippen molar-refractivity contribution in [1.29, 1.82) is 0 Å². The van der Waals surface area contributed by atoms with Crippen molar-refractivity contribution in [3.63, 3.8) is 0 Å². The van der Waals surface area contributed by atoms with Crippen LogP contribution in [0.25, 0.3) is 0 Å². The van der Waals surface area contributed by atoms with Crippen LogP contribution >= 0.6 is 11.6 Å². The van der Waals surface area contributed by atoms with Crippen LogP contribution < -0.4 is 10.6 Å². The van der Waals surface area contributed by atoms with Gasteiger partial charge in [0.1, 0.15) is 0 Å². The van der Waals surface area contributed by atoms with Crippen LogP contribution in [0.3, 0.4) is 0 Å². The number of carbonyl (C=O) groups is 2. The van der Waals surface area contributed by atoms with Crippen molar-refractivity contribution >= 4 is 29.1 Å². The number of amides is 2. The lowest BCUT2D eigenvalue weighted by molar-refractivity contribution is -0.136. The fraction of sp³-hybridized carbons (Fsp3) is 0.240. The number of pyridine rings is 1. The lowest BCUT2D eigenvalue weighted by Crippen LogP contribution is -2.43. The molecule has 0 saturated heterocycles. The Morgan fingerprint density at radius 3 is 2.69 bits per heavy atom. The molecule has 0 radical (unpaired) electrons. The van der Waals surface area contributed by atoms with Crippen LogP contribution in [-0.4, -0.2) is 34.8 Å². The molecule has 0 bridgehead atoms. The molecule has 7 heteroatoms. The molecular weight excluding hydrogens is 424 g/mol. The van der Waals surface area contributed by atoms with Crippen LogP contribution in [-0.2, 0) is 22.6 Å². The SMILES string of the molecule is Cc1ccc(Cl)cc1NC(=O)C(=O)NC[C@H](c1cccnc1)N1CCc2ccccc2C1. The van der Waals surface area contributed by atoms with Gasteiger partial charge in [-0.1, -0.05) is 48.0 Å². The highest BCUT2D eigenvalue weighted by atomic mass is 35.5. The molecule has 1 atom stereocenters. The van der Waals surface area contributed by atoms with Gasteiger partial charge < -0.3 is 10.6 Å². The van der Waals surface area contributed by atoms with Gasteiger partial charge in [-0.2, -0.15) is 0 Å². The fourth-order valence-electron chi connectivity index (χ4n) is 3.99. The van der Waals surface area contributed by atoms with Gasteiger partial charge in [0.15, 0.2) is 0 Å². The van der Waals surface area contributed by atoms with E-state index in [1.54, 1.807) is 24.4 Å². The van der Waals surface area contributed by atoms with Gasteiger partial charge in [0, 0.05) is 42.7 Å². The average molecular weight is 449 g/mol. The average Bonchev–Trinajstić information content (AvgIpc) is 2.82. The predicted molar refractivity (Wildman–Crippen MR) is 125 cm³/mol. The Morgan fingerprint density at radius 1 is 1.09 bits per heavy atom. The van der Waals surface area contributed by atoms with Crippen LogP contribution in [0.15, 0.2) is 67.0 Å². The summed E-state index contributed by atoms with van der Waals surface area (Å²) in [5, 5.41) is 5.94. The van der Waals surface area contributed by atoms with Gasteiger partial charge in [-0.05, 0) is 53.8 Å². The summed E-state index contributed by atoms with van der Waals surface area (Å²) in [7, 11) is 0. The van der Waals surface area contributed by atoms with E-state index in [-0.39, 0.29) is 6.04 Å². The number of nitrogens with zero attached hydrogens (tertiary/aromatic N) is 2. The molecule has 1 aliphatic rings. The molecule has 0 spiro atoms. The first-order chi connectivity index (χ1) is 15.5. The monoisotopic (exact) mass is 448 g/mol. The number of nitrogens with one attached hydrogen (secondary N) is 2. The minimum Gasteiger partial charge on any atom is -0.346 e. The molecule has 2 heterocycles. The second-order valence-electron chi connectivity index (χ2n) is 7.91. The van der Waals surface area contributed by atoms with Crippen molar-refractivity contribution in [3.8, 4) is 0 Å². The third-order valence-corrected chi connectivity index (χ3v) is 6.02. The van der Waals surface area contributed by atoms with Crippen molar-refractivity contribution in [3.05, 3.63) is 94.3 Å². The number of aryl methyl sites for hydroxylation is 1. The maximum absolute atomic E-state index is 12.6. The molecule has 0 fully saturated rings. The smallest absolute Gasteiger partial charge is 0.313 e. The molecule has 2 N–H and O–H groups in total. The summed E-state index contributed by atoms with van der Waals surface area (Å²) in [4.78, 5) is 31.6. The highest BCUT2D eigenvalue weighted by molar-refractivity contribution is 6.40. The van der Waals surface area contributed by atoms with E-state index in [9.17, 15) is 9.59 Å². The first kappa shape index (κ1) is 22.0. The van der Waals surface area contributed by atoms with Crippen molar-refractivity contribution in [2.45, 2.75) is 25.9 Å². The maximum atomic E-state index is 12.6. The minimum atomic E-state index is -0.718. The normalized spacial score (nSPS) is 14.3. The summed E-state index contributed by atoms with van der Waals surface area (Å²) < 4.78 is 0. The lowest BCUT2D eigenvalue weighted by Gasteiger charge is -2.35. The van der Waals surface area contributed by atoms with Gasteiger partial charge in [-0.3, -0.25) is 19.5 Å². The van der Waals surface area contributed by atoms with Crippen LogP contribution in [0.2, 0.25) is 5.02 Å². The molecule has 6 nitrogen and oxygen atoms in total. The number of benzene rings is 2. The van der Waals surface area contributed by atoms with E-state index < -0.39 is 11.8 Å². The Balaban J connectivity index is 1.45. The maximum Gasteiger partial charge on any atom is 0.313 e. The molecular formula is C25H25ClN4O2. The van der Waals surface area contributed by atoms with Gasteiger partial charge in [0.2, 0.25) is 0 Å². The van der Waals surface area contributed by atoms with E-state index in [2.05, 4.69) is 38.7 Å². The molecule has 1 aliphatic heterocycles. The summed E-state index contributed by atoms with van der Waals surface area (Å²) in [5.41, 5.74) is 4.99. The van der Waals surface area contributed by atoms with Gasteiger partial charge in [0.05, 0.1) is 6.04 Å². The van der Waals surface area contributed by atoms with Gasteiger partial charge in [0.25, 0.3) is 0 Å². The van der Waals surface area contributed by atoms with E-state index in [4.69, 9.17) is 11.6 Å². The molecule has 32 heavy (non-hydrogen) atoms. The Kier molecular flexibility index (Phi) is 6.83. The van der Waals surface area contributed by atoms with Crippen molar-refractivity contribution < 1.29 is 9.59 Å². The predicted octanol–water partition coefficient (Wildman–Crippen LogP) is 3.90. The zero-order valence-corrected chi connectivity index (χ0v) is 18.6. The Hall–Kier alpha value is -3.22. The van der Waals surface area contributed by atoms with Crippen molar-refractivity contribution in [2.24, 2.45) is 0 Å². The number of fused-ring (bicyclic) bond motifs is 1. The Bertz CT molecular complexity index is 1120. The zero-order valence-electron chi connectivity index (χ0n) is 17.8. The highest BCUT2D eigenvalue weighted by Gasteiger charge is 2.26. The molecule has 0 unspecified atom stereocenters. The van der Waals surface area contributed by atoms with Crippen molar-refractivity contribution in [2.75, 3.05) is 18.4 Å². The molecule has 4 rings (SSSR count). The number of hydrogen-bond acceptors (Lipinski definition) is 4. The highest BCUT2D eigenvalue weighted by Crippen LogP contribution is 2.27. The number of hydrogen-bond donors (Lipinski definition) is 2. The number of rotatable bonds is 5. The molecule has 2 aromatic carbocycles. The summed E-state index contributed by atoms with van der Waals surface area (Å²) in [5.74, 6) is -1.40. The van der Waals surface area contributed by atoms with E-state index in [0.29, 0.717) is 17.3 Å². The summed E-state index contributed by atoms with van der Waals surface area (Å²) in [6, 6.07) is 17.4. The molecule has 0 aliphatic carbocycles. The number of halogens is 1. The largest absolute Gasteiger partial charge is 0.346 e. The minimum absolute atomic E-state index is 0.0956. The fourth-order valence-corrected chi connectivity index (χ4v) is 4.16. The van der Waals surface area contributed by atoms with Gasteiger partial charge in [-0.15, -0.1) is 0 Å². The quantitative estimate of drug-likeness (QED) is 0.580. The van der Waals surface area contributed by atoms with Gasteiger partial charge in [-0.25, -0.2) is 0 Å².